The van der Waals surface area contributed by atoms with E-state index in [4.69, 9.17) is 18.9 Å². The van der Waals surface area contributed by atoms with Crippen LogP contribution in [0.4, 0.5) is 0 Å². The first-order valence-electron chi connectivity index (χ1n) is 7.69. The fraction of sp³-hybridized carbons (Fsp3) is 0.333. The molecule has 0 N–H and O–H groups in total. The van der Waals surface area contributed by atoms with Crippen molar-refractivity contribution in [3.8, 4) is 11.5 Å². The van der Waals surface area contributed by atoms with Crippen molar-refractivity contribution in [3.05, 3.63) is 57.5 Å². The zero-order chi connectivity index (χ0) is 16.8. The largest absolute Gasteiger partial charge is 0.491 e. The van der Waals surface area contributed by atoms with Crippen molar-refractivity contribution >= 4 is 31.9 Å². The second-order valence-corrected chi connectivity index (χ2v) is 7.29. The van der Waals surface area contributed by atoms with Gasteiger partial charge in [-0.1, -0.05) is 31.9 Å². The minimum absolute atomic E-state index is 0.000847. The van der Waals surface area contributed by atoms with E-state index in [9.17, 15) is 0 Å². The van der Waals surface area contributed by atoms with Gasteiger partial charge in [0.2, 0.25) is 0 Å². The Morgan fingerprint density at radius 3 is 1.58 bits per heavy atom. The van der Waals surface area contributed by atoms with Gasteiger partial charge in [-0.25, -0.2) is 0 Å². The molecule has 4 nitrogen and oxygen atoms in total. The molecule has 0 aromatic heterocycles. The van der Waals surface area contributed by atoms with Crippen molar-refractivity contribution in [2.24, 2.45) is 0 Å². The van der Waals surface area contributed by atoms with E-state index < -0.39 is 0 Å². The second kappa shape index (κ2) is 8.85. The van der Waals surface area contributed by atoms with E-state index in [0.717, 1.165) is 26.9 Å². The van der Waals surface area contributed by atoms with Crippen LogP contribution in [0, 0.1) is 0 Å². The van der Waals surface area contributed by atoms with E-state index in [1.165, 1.54) is 0 Å². The Kier molecular flexibility index (Phi) is 6.54. The molecule has 1 aliphatic heterocycles. The van der Waals surface area contributed by atoms with Crippen LogP contribution in [0.5, 0.6) is 11.5 Å². The Bertz CT molecular complexity index is 575. The molecule has 2 unspecified atom stereocenters. The van der Waals surface area contributed by atoms with Gasteiger partial charge in [0.1, 0.15) is 31.5 Å². The van der Waals surface area contributed by atoms with Crippen LogP contribution in [0.2, 0.25) is 0 Å². The van der Waals surface area contributed by atoms with Crippen LogP contribution in [-0.2, 0) is 9.47 Å². The highest BCUT2D eigenvalue weighted by Crippen LogP contribution is 2.20. The summed E-state index contributed by atoms with van der Waals surface area (Å²) in [7, 11) is 0. The van der Waals surface area contributed by atoms with Gasteiger partial charge in [0.25, 0.3) is 0 Å². The minimum Gasteiger partial charge on any atom is -0.491 e. The van der Waals surface area contributed by atoms with Crippen LogP contribution >= 0.6 is 31.9 Å². The Balaban J connectivity index is 1.43. The molecule has 6 heteroatoms. The first kappa shape index (κ1) is 17.7. The Morgan fingerprint density at radius 2 is 1.17 bits per heavy atom. The number of benzene rings is 2. The zero-order valence-corrected chi connectivity index (χ0v) is 16.2. The van der Waals surface area contributed by atoms with E-state index in [2.05, 4.69) is 31.9 Å². The van der Waals surface area contributed by atoms with Crippen molar-refractivity contribution in [2.75, 3.05) is 20.0 Å². The fourth-order valence-corrected chi connectivity index (χ4v) is 2.86. The van der Waals surface area contributed by atoms with E-state index in [0.29, 0.717) is 13.2 Å². The van der Waals surface area contributed by atoms with Crippen LogP contribution in [0.1, 0.15) is 6.42 Å². The summed E-state index contributed by atoms with van der Waals surface area (Å²) in [5, 5.41) is 0. The smallest absolute Gasteiger partial charge is 0.147 e. The average molecular weight is 458 g/mol. The molecule has 1 fully saturated rings. The predicted octanol–water partition coefficient (Wildman–Crippen LogP) is 4.80. The molecule has 0 amide bonds. The Morgan fingerprint density at radius 1 is 0.750 bits per heavy atom. The van der Waals surface area contributed by atoms with Crippen LogP contribution in [0.25, 0.3) is 0 Å². The minimum atomic E-state index is 0.000847. The SMILES string of the molecule is Brc1ccc(OCC2CC(COc3ccc(Br)cc3)OCO2)cc1. The molecule has 0 saturated carbocycles. The third-order valence-electron chi connectivity index (χ3n) is 3.63. The third kappa shape index (κ3) is 5.48. The zero-order valence-electron chi connectivity index (χ0n) is 13.0. The highest BCUT2D eigenvalue weighted by molar-refractivity contribution is 9.10. The molecule has 0 bridgehead atoms. The molecule has 0 spiro atoms. The van der Waals surface area contributed by atoms with Crippen LogP contribution in [-0.4, -0.2) is 32.2 Å². The highest BCUT2D eigenvalue weighted by atomic mass is 79.9. The quantitative estimate of drug-likeness (QED) is 0.624. The number of hydrogen-bond donors (Lipinski definition) is 0. The maximum atomic E-state index is 5.78. The van der Waals surface area contributed by atoms with Gasteiger partial charge in [-0.05, 0) is 48.5 Å². The summed E-state index contributed by atoms with van der Waals surface area (Å²) in [5.74, 6) is 1.66. The Hall–Kier alpha value is -1.08. The lowest BCUT2D eigenvalue weighted by atomic mass is 10.1. The summed E-state index contributed by atoms with van der Waals surface area (Å²) >= 11 is 6.82. The van der Waals surface area contributed by atoms with Gasteiger partial charge in [-0.2, -0.15) is 0 Å². The Labute approximate surface area is 158 Å². The van der Waals surface area contributed by atoms with Crippen molar-refractivity contribution in [2.45, 2.75) is 18.6 Å². The molecule has 2 aromatic rings. The van der Waals surface area contributed by atoms with Crippen LogP contribution < -0.4 is 9.47 Å². The number of rotatable bonds is 6. The molecule has 128 valence electrons. The lowest BCUT2D eigenvalue weighted by Gasteiger charge is -2.29. The van der Waals surface area contributed by atoms with Crippen LogP contribution in [0.15, 0.2) is 57.5 Å². The molecule has 2 atom stereocenters. The third-order valence-corrected chi connectivity index (χ3v) is 4.69. The van der Waals surface area contributed by atoms with Gasteiger partial charge in [0, 0.05) is 15.4 Å². The van der Waals surface area contributed by atoms with Crippen molar-refractivity contribution in [3.63, 3.8) is 0 Å². The normalized spacial score (nSPS) is 20.6. The van der Waals surface area contributed by atoms with E-state index in [-0.39, 0.29) is 19.0 Å². The fourth-order valence-electron chi connectivity index (χ4n) is 2.33. The second-order valence-electron chi connectivity index (χ2n) is 5.46. The lowest BCUT2D eigenvalue weighted by molar-refractivity contribution is -0.188. The van der Waals surface area contributed by atoms with Crippen LogP contribution in [0.3, 0.4) is 0 Å². The molecular weight excluding hydrogens is 440 g/mol. The van der Waals surface area contributed by atoms with Gasteiger partial charge in [0.05, 0.1) is 12.2 Å². The molecule has 2 aromatic carbocycles. The van der Waals surface area contributed by atoms with Gasteiger partial charge >= 0.3 is 0 Å². The first-order chi connectivity index (χ1) is 11.7. The lowest BCUT2D eigenvalue weighted by Crippen LogP contribution is -2.38. The molecule has 0 aliphatic carbocycles. The van der Waals surface area contributed by atoms with E-state index in [1.54, 1.807) is 0 Å². The van der Waals surface area contributed by atoms with Gasteiger partial charge in [0.15, 0.2) is 0 Å². The summed E-state index contributed by atoms with van der Waals surface area (Å²) in [6.45, 7) is 1.27. The monoisotopic (exact) mass is 456 g/mol. The summed E-state index contributed by atoms with van der Waals surface area (Å²) in [6.07, 6.45) is 0.745. The van der Waals surface area contributed by atoms with Crippen molar-refractivity contribution in [1.29, 1.82) is 0 Å². The topological polar surface area (TPSA) is 36.9 Å². The molecular formula is C18H18Br2O4. The first-order valence-corrected chi connectivity index (χ1v) is 9.27. The molecule has 3 rings (SSSR count). The molecule has 0 radical (unpaired) electrons. The van der Waals surface area contributed by atoms with Crippen molar-refractivity contribution in [1.82, 2.24) is 0 Å². The molecule has 1 aliphatic rings. The van der Waals surface area contributed by atoms with E-state index in [1.807, 2.05) is 48.5 Å². The molecule has 1 saturated heterocycles. The molecule has 1 heterocycles. The number of halogens is 2. The van der Waals surface area contributed by atoms with Crippen molar-refractivity contribution < 1.29 is 18.9 Å². The standard InChI is InChI=1S/C18H18Br2O4/c19-13-1-5-15(6-2-13)21-10-17-9-18(24-12-23-17)11-22-16-7-3-14(20)4-8-16/h1-8,17-18H,9-12H2. The summed E-state index contributed by atoms with van der Waals surface area (Å²) in [6, 6.07) is 15.5. The summed E-state index contributed by atoms with van der Waals surface area (Å²) in [4.78, 5) is 0. The maximum Gasteiger partial charge on any atom is 0.147 e. The predicted molar refractivity (Wildman–Crippen MR) is 98.5 cm³/mol. The summed E-state index contributed by atoms with van der Waals surface area (Å²) < 4.78 is 24.8. The van der Waals surface area contributed by atoms with E-state index >= 15 is 0 Å². The van der Waals surface area contributed by atoms with Gasteiger partial charge in [-0.15, -0.1) is 0 Å². The number of ether oxygens (including phenoxy) is 4. The van der Waals surface area contributed by atoms with Gasteiger partial charge in [-0.3, -0.25) is 0 Å². The maximum absolute atomic E-state index is 5.78. The summed E-state index contributed by atoms with van der Waals surface area (Å²) in [5.41, 5.74) is 0. The highest BCUT2D eigenvalue weighted by Gasteiger charge is 2.24. The number of hydrogen-bond acceptors (Lipinski definition) is 4. The average Bonchev–Trinajstić information content (AvgIpc) is 2.61. The van der Waals surface area contributed by atoms with Gasteiger partial charge < -0.3 is 18.9 Å². The molecule has 24 heavy (non-hydrogen) atoms.